The van der Waals surface area contributed by atoms with E-state index < -0.39 is 31.4 Å². The number of carboxylic acids is 1. The minimum atomic E-state index is -4.77. The third-order valence-electron chi connectivity index (χ3n) is 1.79. The molecule has 0 saturated carbocycles. The predicted molar refractivity (Wildman–Crippen MR) is 50.9 cm³/mol. The largest absolute Gasteiger partial charge is 0.522 e. The highest BCUT2D eigenvalue weighted by molar-refractivity contribution is 5.87. The summed E-state index contributed by atoms with van der Waals surface area (Å²) in [5, 5.41) is 8.55. The van der Waals surface area contributed by atoms with Gasteiger partial charge in [-0.2, -0.15) is 0 Å². The van der Waals surface area contributed by atoms with Gasteiger partial charge in [0, 0.05) is 0 Å². The average molecular weight is 268 g/mol. The summed E-state index contributed by atoms with van der Waals surface area (Å²) in [5.74, 6) is -2.63. The first-order valence-corrected chi connectivity index (χ1v) is 4.66. The lowest BCUT2D eigenvalue weighted by Gasteiger charge is -2.09. The Morgan fingerprint density at radius 1 is 1.28 bits per heavy atom. The molecule has 0 aliphatic heterocycles. The molecule has 0 unspecified atom stereocenters. The molecule has 0 amide bonds. The number of hydrogen-bond acceptors (Lipinski definition) is 3. The van der Waals surface area contributed by atoms with Gasteiger partial charge in [0.05, 0.1) is 12.2 Å². The van der Waals surface area contributed by atoms with Gasteiger partial charge >= 0.3 is 12.3 Å². The van der Waals surface area contributed by atoms with Crippen LogP contribution in [0.1, 0.15) is 10.4 Å². The van der Waals surface area contributed by atoms with Gasteiger partial charge in [0.1, 0.15) is 6.61 Å². The zero-order chi connectivity index (χ0) is 13.8. The molecule has 0 atom stereocenters. The highest BCUT2D eigenvalue weighted by Crippen LogP contribution is 2.19. The molecule has 8 heteroatoms. The molecule has 4 nitrogen and oxygen atoms in total. The van der Waals surface area contributed by atoms with Gasteiger partial charge in [0.2, 0.25) is 0 Å². The molecule has 1 N–H and O–H groups in total. The molecule has 18 heavy (non-hydrogen) atoms. The van der Waals surface area contributed by atoms with Crippen molar-refractivity contribution in [2.24, 2.45) is 0 Å². The topological polar surface area (TPSA) is 55.8 Å². The number of hydrogen-bond donors (Lipinski definition) is 1. The second-order valence-corrected chi connectivity index (χ2v) is 3.09. The summed E-state index contributed by atoms with van der Waals surface area (Å²) >= 11 is 0. The average Bonchev–Trinajstić information content (AvgIpc) is 2.24. The summed E-state index contributed by atoms with van der Waals surface area (Å²) in [7, 11) is 0. The van der Waals surface area contributed by atoms with E-state index in [4.69, 9.17) is 5.11 Å². The van der Waals surface area contributed by atoms with E-state index in [1.807, 2.05) is 0 Å². The molecule has 1 rings (SSSR count). The van der Waals surface area contributed by atoms with Crippen LogP contribution in [0.3, 0.4) is 0 Å². The number of carbonyl (C=O) groups is 1. The van der Waals surface area contributed by atoms with Crippen molar-refractivity contribution in [3.05, 3.63) is 29.6 Å². The SMILES string of the molecule is O=C(O)c1ccc(OCCOC(F)(F)F)c(F)c1. The van der Waals surface area contributed by atoms with Crippen molar-refractivity contribution in [1.82, 2.24) is 0 Å². The Morgan fingerprint density at radius 3 is 2.44 bits per heavy atom. The Hall–Kier alpha value is -1.83. The number of aromatic carboxylic acids is 1. The Balaban J connectivity index is 2.51. The number of rotatable bonds is 5. The lowest BCUT2D eigenvalue weighted by molar-refractivity contribution is -0.325. The van der Waals surface area contributed by atoms with Crippen molar-refractivity contribution < 1.29 is 36.9 Å². The fourth-order valence-electron chi connectivity index (χ4n) is 1.06. The number of carboxylic acid groups (broad SMARTS) is 1. The van der Waals surface area contributed by atoms with E-state index >= 15 is 0 Å². The maximum atomic E-state index is 13.2. The lowest BCUT2D eigenvalue weighted by Crippen LogP contribution is -2.18. The van der Waals surface area contributed by atoms with Gasteiger partial charge in [-0.1, -0.05) is 0 Å². The first kappa shape index (κ1) is 14.2. The summed E-state index contributed by atoms with van der Waals surface area (Å²) in [6.07, 6.45) is -4.77. The van der Waals surface area contributed by atoms with Crippen molar-refractivity contribution >= 4 is 5.97 Å². The number of halogens is 4. The highest BCUT2D eigenvalue weighted by Gasteiger charge is 2.28. The minimum Gasteiger partial charge on any atom is -0.488 e. The summed E-state index contributed by atoms with van der Waals surface area (Å²) in [4.78, 5) is 10.5. The van der Waals surface area contributed by atoms with Crippen LogP contribution < -0.4 is 4.74 Å². The maximum absolute atomic E-state index is 13.2. The second kappa shape index (κ2) is 5.67. The van der Waals surface area contributed by atoms with Crippen molar-refractivity contribution in [3.63, 3.8) is 0 Å². The van der Waals surface area contributed by atoms with Crippen LogP contribution in [0.15, 0.2) is 18.2 Å². The molecule has 0 aromatic heterocycles. The van der Waals surface area contributed by atoms with Crippen LogP contribution >= 0.6 is 0 Å². The molecule has 1 aromatic rings. The molecule has 0 aliphatic rings. The molecule has 0 radical (unpaired) electrons. The molecule has 0 spiro atoms. The minimum absolute atomic E-state index is 0.286. The van der Waals surface area contributed by atoms with E-state index in [2.05, 4.69) is 9.47 Å². The normalized spacial score (nSPS) is 11.3. The van der Waals surface area contributed by atoms with Crippen LogP contribution in [-0.4, -0.2) is 30.7 Å². The van der Waals surface area contributed by atoms with Gasteiger partial charge in [-0.15, -0.1) is 13.2 Å². The van der Waals surface area contributed by atoms with Crippen LogP contribution in [-0.2, 0) is 4.74 Å². The Labute approximate surface area is 98.7 Å². The molecular formula is C10H8F4O4. The fraction of sp³-hybridized carbons (Fsp3) is 0.300. The summed E-state index contributed by atoms with van der Waals surface area (Å²) in [5.41, 5.74) is -0.286. The van der Waals surface area contributed by atoms with Crippen molar-refractivity contribution in [1.29, 1.82) is 0 Å². The third-order valence-corrected chi connectivity index (χ3v) is 1.79. The van der Waals surface area contributed by atoms with Crippen molar-refractivity contribution in [3.8, 4) is 5.75 Å². The first-order valence-electron chi connectivity index (χ1n) is 4.66. The van der Waals surface area contributed by atoms with E-state index in [9.17, 15) is 22.4 Å². The molecule has 100 valence electrons. The third kappa shape index (κ3) is 4.58. The zero-order valence-electron chi connectivity index (χ0n) is 8.83. The smallest absolute Gasteiger partial charge is 0.488 e. The number of alkyl halides is 3. The summed E-state index contributed by atoms with van der Waals surface area (Å²) < 4.78 is 56.1. The van der Waals surface area contributed by atoms with Gasteiger partial charge in [0.15, 0.2) is 11.6 Å². The van der Waals surface area contributed by atoms with Gasteiger partial charge in [-0.05, 0) is 18.2 Å². The Kier molecular flexibility index (Phi) is 4.49. The van der Waals surface area contributed by atoms with Crippen molar-refractivity contribution in [2.45, 2.75) is 6.36 Å². The monoisotopic (exact) mass is 268 g/mol. The van der Waals surface area contributed by atoms with Gasteiger partial charge in [-0.25, -0.2) is 9.18 Å². The zero-order valence-corrected chi connectivity index (χ0v) is 8.83. The lowest BCUT2D eigenvalue weighted by atomic mass is 10.2. The van der Waals surface area contributed by atoms with Crippen LogP contribution in [0.25, 0.3) is 0 Å². The maximum Gasteiger partial charge on any atom is 0.522 e. The highest BCUT2D eigenvalue weighted by atomic mass is 19.4. The van der Waals surface area contributed by atoms with Gasteiger partial charge < -0.3 is 9.84 Å². The predicted octanol–water partition coefficient (Wildman–Crippen LogP) is 2.44. The summed E-state index contributed by atoms with van der Waals surface area (Å²) in [6, 6.07) is 2.81. The number of ether oxygens (including phenoxy) is 2. The quantitative estimate of drug-likeness (QED) is 0.658. The van der Waals surface area contributed by atoms with Gasteiger partial charge in [0.25, 0.3) is 0 Å². The second-order valence-electron chi connectivity index (χ2n) is 3.09. The van der Waals surface area contributed by atoms with Crippen LogP contribution in [0.4, 0.5) is 17.6 Å². The van der Waals surface area contributed by atoms with Crippen LogP contribution in [0.5, 0.6) is 5.75 Å². The molecule has 0 bridgehead atoms. The Bertz CT molecular complexity index is 430. The standard InChI is InChI=1S/C10H8F4O4/c11-7-5-6(9(15)16)1-2-8(7)17-3-4-18-10(12,13)14/h1-2,5H,3-4H2,(H,15,16). The Morgan fingerprint density at radius 2 is 1.94 bits per heavy atom. The van der Waals surface area contributed by atoms with E-state index in [-0.39, 0.29) is 11.3 Å². The molecule has 0 saturated heterocycles. The molecular weight excluding hydrogens is 260 g/mol. The van der Waals surface area contributed by atoms with Crippen LogP contribution in [0.2, 0.25) is 0 Å². The van der Waals surface area contributed by atoms with E-state index in [1.54, 1.807) is 0 Å². The van der Waals surface area contributed by atoms with Gasteiger partial charge in [-0.3, -0.25) is 4.74 Å². The van der Waals surface area contributed by atoms with E-state index in [0.29, 0.717) is 6.07 Å². The molecule has 0 heterocycles. The number of benzene rings is 1. The van der Waals surface area contributed by atoms with E-state index in [1.165, 1.54) is 0 Å². The van der Waals surface area contributed by atoms with Crippen molar-refractivity contribution in [2.75, 3.05) is 13.2 Å². The fourth-order valence-corrected chi connectivity index (χ4v) is 1.06. The molecule has 0 fully saturated rings. The van der Waals surface area contributed by atoms with E-state index in [0.717, 1.165) is 12.1 Å². The molecule has 0 aliphatic carbocycles. The summed E-state index contributed by atoms with van der Waals surface area (Å²) in [6.45, 7) is -1.30. The molecule has 1 aromatic carbocycles. The first-order chi connectivity index (χ1) is 8.29. The van der Waals surface area contributed by atoms with Crippen LogP contribution in [0, 0.1) is 5.82 Å².